The summed E-state index contributed by atoms with van der Waals surface area (Å²) < 4.78 is 24.0. The van der Waals surface area contributed by atoms with E-state index in [0.29, 0.717) is 5.02 Å². The van der Waals surface area contributed by atoms with Crippen molar-refractivity contribution >= 4 is 21.4 Å². The van der Waals surface area contributed by atoms with Crippen molar-refractivity contribution in [2.45, 2.75) is 23.6 Å². The van der Waals surface area contributed by atoms with Crippen molar-refractivity contribution < 1.29 is 13.5 Å². The lowest BCUT2D eigenvalue weighted by molar-refractivity contribution is 0.253. The van der Waals surface area contributed by atoms with Gasteiger partial charge >= 0.3 is 0 Å². The first kappa shape index (κ1) is 13.8. The molecular formula is C12H16ClNO3S. The van der Waals surface area contributed by atoms with Crippen LogP contribution in [0.1, 0.15) is 18.4 Å². The minimum atomic E-state index is -3.28. The van der Waals surface area contributed by atoms with Gasteiger partial charge in [-0.3, -0.25) is 0 Å². The first-order valence-electron chi connectivity index (χ1n) is 5.73. The van der Waals surface area contributed by atoms with Crippen LogP contribution in [0.3, 0.4) is 0 Å². The van der Waals surface area contributed by atoms with Crippen molar-refractivity contribution in [2.75, 3.05) is 12.4 Å². The Morgan fingerprint density at radius 2 is 2.17 bits per heavy atom. The van der Waals surface area contributed by atoms with Gasteiger partial charge in [-0.1, -0.05) is 30.7 Å². The second-order valence-corrected chi connectivity index (χ2v) is 7.52. The number of aliphatic hydroxyl groups excluding tert-OH is 1. The van der Waals surface area contributed by atoms with E-state index < -0.39 is 20.6 Å². The summed E-state index contributed by atoms with van der Waals surface area (Å²) in [7, 11) is -3.28. The molecule has 1 aliphatic rings. The molecule has 0 spiro atoms. The van der Waals surface area contributed by atoms with E-state index in [9.17, 15) is 13.5 Å². The van der Waals surface area contributed by atoms with E-state index in [2.05, 4.69) is 0 Å². The molecule has 0 radical (unpaired) electrons. The maximum atomic E-state index is 12.0. The first-order valence-corrected chi connectivity index (χ1v) is 7.83. The summed E-state index contributed by atoms with van der Waals surface area (Å²) in [4.78, 5) is 0. The van der Waals surface area contributed by atoms with E-state index >= 15 is 0 Å². The quantitative estimate of drug-likeness (QED) is 0.864. The largest absolute Gasteiger partial charge is 0.394 e. The summed E-state index contributed by atoms with van der Waals surface area (Å²) in [6, 6.07) is 6.96. The highest BCUT2D eigenvalue weighted by atomic mass is 35.5. The maximum absolute atomic E-state index is 12.0. The molecule has 3 N–H and O–H groups in total. The molecule has 1 aromatic carbocycles. The molecule has 0 aromatic heterocycles. The van der Waals surface area contributed by atoms with Crippen LogP contribution in [0.4, 0.5) is 0 Å². The molecule has 1 aliphatic carbocycles. The average molecular weight is 290 g/mol. The van der Waals surface area contributed by atoms with Crippen molar-refractivity contribution in [3.8, 4) is 0 Å². The number of aliphatic hydroxyl groups is 1. The summed E-state index contributed by atoms with van der Waals surface area (Å²) in [5.74, 6) is -0.362. The zero-order valence-corrected chi connectivity index (χ0v) is 11.6. The molecule has 18 heavy (non-hydrogen) atoms. The van der Waals surface area contributed by atoms with Crippen LogP contribution in [0.25, 0.3) is 0 Å². The Bertz CT molecular complexity index is 560. The molecule has 4 nitrogen and oxygen atoms in total. The van der Waals surface area contributed by atoms with Gasteiger partial charge in [-0.05, 0) is 17.7 Å². The van der Waals surface area contributed by atoms with Gasteiger partial charge in [-0.25, -0.2) is 8.42 Å². The zero-order valence-electron chi connectivity index (χ0n) is 10.0. The van der Waals surface area contributed by atoms with Crippen LogP contribution in [0.5, 0.6) is 0 Å². The molecule has 100 valence electrons. The van der Waals surface area contributed by atoms with E-state index in [4.69, 9.17) is 17.3 Å². The van der Waals surface area contributed by atoms with Crippen LogP contribution in [0.2, 0.25) is 5.02 Å². The first-order chi connectivity index (χ1) is 8.36. The Kier molecular flexibility index (Phi) is 3.44. The molecule has 0 bridgehead atoms. The smallest absolute Gasteiger partial charge is 0.155 e. The third-order valence-electron chi connectivity index (χ3n) is 3.57. The Hall–Kier alpha value is -0.620. The minimum Gasteiger partial charge on any atom is -0.394 e. The SMILES string of the molecule is CCS(=O)(=O)[C@H]1[C@H](c2cccc(Cl)c2)[C@@]1(N)CO. The molecule has 3 atom stereocenters. The molecule has 6 heteroatoms. The van der Waals surface area contributed by atoms with Gasteiger partial charge in [0, 0.05) is 16.7 Å². The van der Waals surface area contributed by atoms with Crippen molar-refractivity contribution in [1.29, 1.82) is 0 Å². The fourth-order valence-corrected chi connectivity index (χ4v) is 4.71. The second-order valence-electron chi connectivity index (χ2n) is 4.68. The van der Waals surface area contributed by atoms with Crippen LogP contribution in [-0.4, -0.2) is 36.7 Å². The topological polar surface area (TPSA) is 80.4 Å². The van der Waals surface area contributed by atoms with Gasteiger partial charge in [-0.2, -0.15) is 0 Å². The van der Waals surface area contributed by atoms with Crippen molar-refractivity contribution in [1.82, 2.24) is 0 Å². The zero-order chi connectivity index (χ0) is 13.6. The van der Waals surface area contributed by atoms with Crippen LogP contribution in [-0.2, 0) is 9.84 Å². The summed E-state index contributed by atoms with van der Waals surface area (Å²) in [6.07, 6.45) is 0. The van der Waals surface area contributed by atoms with Crippen LogP contribution < -0.4 is 5.73 Å². The molecule has 1 fully saturated rings. The highest BCUT2D eigenvalue weighted by molar-refractivity contribution is 7.92. The predicted molar refractivity (Wildman–Crippen MR) is 71.4 cm³/mol. The van der Waals surface area contributed by atoms with Gasteiger partial charge in [0.15, 0.2) is 9.84 Å². The van der Waals surface area contributed by atoms with E-state index in [-0.39, 0.29) is 18.3 Å². The van der Waals surface area contributed by atoms with Gasteiger partial charge in [0.2, 0.25) is 0 Å². The lowest BCUT2D eigenvalue weighted by Gasteiger charge is -2.07. The van der Waals surface area contributed by atoms with Gasteiger partial charge in [0.25, 0.3) is 0 Å². The van der Waals surface area contributed by atoms with Crippen LogP contribution >= 0.6 is 11.6 Å². The fraction of sp³-hybridized carbons (Fsp3) is 0.500. The molecule has 1 aromatic rings. The molecule has 0 aliphatic heterocycles. The van der Waals surface area contributed by atoms with E-state index in [1.54, 1.807) is 31.2 Å². The van der Waals surface area contributed by atoms with Gasteiger partial charge < -0.3 is 10.8 Å². The third kappa shape index (κ3) is 2.05. The Morgan fingerprint density at radius 1 is 1.50 bits per heavy atom. The number of rotatable bonds is 4. The lowest BCUT2D eigenvalue weighted by atomic mass is 10.1. The monoisotopic (exact) mass is 289 g/mol. The molecular weight excluding hydrogens is 274 g/mol. The molecule has 0 heterocycles. The van der Waals surface area contributed by atoms with E-state index in [1.165, 1.54) is 0 Å². The number of hydrogen-bond acceptors (Lipinski definition) is 4. The summed E-state index contributed by atoms with van der Waals surface area (Å²) in [6.45, 7) is 1.23. The minimum absolute atomic E-state index is 0.0215. The number of sulfone groups is 1. The standard InChI is InChI=1S/C12H16ClNO3S/c1-2-18(16,17)11-10(12(11,14)7-15)8-4-3-5-9(13)6-8/h3-6,10-11,15H,2,7,14H2,1H3/t10-,11-,12-/m0/s1. The molecule has 1 saturated carbocycles. The van der Waals surface area contributed by atoms with E-state index in [1.807, 2.05) is 0 Å². The maximum Gasteiger partial charge on any atom is 0.155 e. The molecule has 2 rings (SSSR count). The number of nitrogens with two attached hydrogens (primary N) is 1. The van der Waals surface area contributed by atoms with Gasteiger partial charge in [0.1, 0.15) is 0 Å². The van der Waals surface area contributed by atoms with Crippen LogP contribution in [0.15, 0.2) is 24.3 Å². The Morgan fingerprint density at radius 3 is 2.67 bits per heavy atom. The molecule has 0 saturated heterocycles. The summed E-state index contributed by atoms with van der Waals surface area (Å²) in [5, 5.41) is 9.18. The van der Waals surface area contributed by atoms with Crippen molar-refractivity contribution in [3.63, 3.8) is 0 Å². The number of benzene rings is 1. The Labute approximate surface area is 112 Å². The predicted octanol–water partition coefficient (Wildman–Crippen LogP) is 0.930. The van der Waals surface area contributed by atoms with Crippen LogP contribution in [0, 0.1) is 0 Å². The highest BCUT2D eigenvalue weighted by Crippen LogP contribution is 2.54. The normalized spacial score (nSPS) is 31.3. The second kappa shape index (κ2) is 4.49. The van der Waals surface area contributed by atoms with Gasteiger partial charge in [-0.15, -0.1) is 0 Å². The molecule has 0 amide bonds. The Balaban J connectivity index is 2.40. The molecule has 0 unspecified atom stereocenters. The summed E-state index contributed by atoms with van der Waals surface area (Å²) >= 11 is 5.90. The van der Waals surface area contributed by atoms with Gasteiger partial charge in [0.05, 0.1) is 17.4 Å². The number of halogens is 1. The van der Waals surface area contributed by atoms with Crippen molar-refractivity contribution in [3.05, 3.63) is 34.9 Å². The highest BCUT2D eigenvalue weighted by Gasteiger charge is 2.68. The fourth-order valence-electron chi connectivity index (χ4n) is 2.52. The number of hydrogen-bond donors (Lipinski definition) is 2. The third-order valence-corrected chi connectivity index (χ3v) is 6.10. The lowest BCUT2D eigenvalue weighted by Crippen LogP contribution is -2.35. The van der Waals surface area contributed by atoms with E-state index in [0.717, 1.165) is 5.56 Å². The van der Waals surface area contributed by atoms with Crippen molar-refractivity contribution in [2.24, 2.45) is 5.73 Å². The summed E-state index contributed by atoms with van der Waals surface area (Å²) in [5.41, 5.74) is 5.69. The average Bonchev–Trinajstić information content (AvgIpc) is 2.98.